The number of esters is 1. The van der Waals surface area contributed by atoms with Crippen LogP contribution in [0.4, 0.5) is 0 Å². The molecule has 0 rings (SSSR count). The summed E-state index contributed by atoms with van der Waals surface area (Å²) in [7, 11) is 0. The van der Waals surface area contributed by atoms with E-state index in [1.807, 2.05) is 0 Å². The molecular weight excluding hydrogens is 767 g/mol. The number of allylic oxidation sites excluding steroid dienone is 12. The molecule has 358 valence electrons. The van der Waals surface area contributed by atoms with Crippen LogP contribution in [0.2, 0.25) is 0 Å². The van der Waals surface area contributed by atoms with Gasteiger partial charge in [-0.05, 0) is 70.6 Å². The zero-order chi connectivity index (χ0) is 45.2. The summed E-state index contributed by atoms with van der Waals surface area (Å²) in [5.41, 5.74) is 0. The molecule has 0 fully saturated rings. The highest BCUT2D eigenvalue weighted by Gasteiger charge is 2.24. The summed E-state index contributed by atoms with van der Waals surface area (Å²) in [5, 5.41) is 23.8. The van der Waals surface area contributed by atoms with Gasteiger partial charge in [0.15, 0.2) is 0 Å². The van der Waals surface area contributed by atoms with Crippen LogP contribution in [-0.2, 0) is 14.3 Å². The van der Waals surface area contributed by atoms with Crippen LogP contribution in [0.25, 0.3) is 0 Å². The standard InChI is InChI=1S/C56H99NO5/c1-4-7-10-13-16-19-22-25-27-28-30-32-35-38-41-44-47-52(62-56(61)49-46-43-40-37-34-29-24-21-18-15-12-9-6-3)50-55(60)57-53(51-58)54(59)48-45-42-39-36-33-31-26-23-20-17-14-11-8-5-2/h9,12,15,18,21-22,24-25,27-28,30,32,52-54,58-59H,4-8,10-11,13-14,16-17,19-20,23,26,29,31,33-51H2,1-3H3,(H,57,60)/b12-9+,18-15+,24-21-,25-22+,28-27+,32-30+. The fraction of sp³-hybridized carbons (Fsp3) is 0.750. The molecule has 6 heteroatoms. The number of rotatable bonds is 46. The zero-order valence-electron chi connectivity index (χ0n) is 40.7. The third-order valence-corrected chi connectivity index (χ3v) is 11.6. The van der Waals surface area contributed by atoms with Crippen LogP contribution >= 0.6 is 0 Å². The molecule has 0 aliphatic heterocycles. The van der Waals surface area contributed by atoms with Crippen molar-refractivity contribution in [2.75, 3.05) is 6.61 Å². The fourth-order valence-electron chi connectivity index (χ4n) is 7.67. The summed E-state index contributed by atoms with van der Waals surface area (Å²) in [4.78, 5) is 26.1. The molecular formula is C56H99NO5. The Morgan fingerprint density at radius 3 is 1.32 bits per heavy atom. The molecule has 6 nitrogen and oxygen atoms in total. The van der Waals surface area contributed by atoms with Crippen LogP contribution in [0, 0.1) is 0 Å². The predicted octanol–water partition coefficient (Wildman–Crippen LogP) is 15.8. The van der Waals surface area contributed by atoms with E-state index in [0.29, 0.717) is 19.3 Å². The zero-order valence-corrected chi connectivity index (χ0v) is 40.7. The normalized spacial score (nSPS) is 13.8. The van der Waals surface area contributed by atoms with Crippen molar-refractivity contribution in [1.82, 2.24) is 5.32 Å². The van der Waals surface area contributed by atoms with Gasteiger partial charge in [0.25, 0.3) is 0 Å². The van der Waals surface area contributed by atoms with E-state index in [9.17, 15) is 19.8 Å². The van der Waals surface area contributed by atoms with Gasteiger partial charge in [-0.25, -0.2) is 0 Å². The summed E-state index contributed by atoms with van der Waals surface area (Å²) in [6, 6.07) is -0.720. The molecule has 0 heterocycles. The summed E-state index contributed by atoms with van der Waals surface area (Å²) in [6.07, 6.45) is 62.4. The van der Waals surface area contributed by atoms with Gasteiger partial charge in [-0.15, -0.1) is 0 Å². The van der Waals surface area contributed by atoms with Crippen LogP contribution in [0.15, 0.2) is 72.9 Å². The molecule has 0 spiro atoms. The Morgan fingerprint density at radius 2 is 0.871 bits per heavy atom. The molecule has 3 N–H and O–H groups in total. The summed E-state index contributed by atoms with van der Waals surface area (Å²) < 4.78 is 5.91. The third-order valence-electron chi connectivity index (χ3n) is 11.6. The van der Waals surface area contributed by atoms with E-state index in [0.717, 1.165) is 96.3 Å². The monoisotopic (exact) mass is 866 g/mol. The van der Waals surface area contributed by atoms with E-state index in [2.05, 4.69) is 99.0 Å². The Morgan fingerprint density at radius 1 is 0.484 bits per heavy atom. The number of carbonyl (C=O) groups is 2. The molecule has 62 heavy (non-hydrogen) atoms. The van der Waals surface area contributed by atoms with E-state index in [4.69, 9.17) is 4.74 Å². The number of amides is 1. The highest BCUT2D eigenvalue weighted by molar-refractivity contribution is 5.77. The van der Waals surface area contributed by atoms with E-state index < -0.39 is 18.2 Å². The molecule has 1 amide bonds. The lowest BCUT2D eigenvalue weighted by Gasteiger charge is -2.24. The van der Waals surface area contributed by atoms with Crippen LogP contribution < -0.4 is 5.32 Å². The van der Waals surface area contributed by atoms with Gasteiger partial charge in [-0.1, -0.05) is 235 Å². The highest BCUT2D eigenvalue weighted by atomic mass is 16.5. The number of nitrogens with one attached hydrogen (secondary N) is 1. The first-order valence-corrected chi connectivity index (χ1v) is 26.2. The minimum atomic E-state index is -0.803. The van der Waals surface area contributed by atoms with Gasteiger partial charge in [0.2, 0.25) is 5.91 Å². The van der Waals surface area contributed by atoms with Crippen LogP contribution in [-0.4, -0.2) is 46.9 Å². The maximum atomic E-state index is 13.2. The molecule has 0 saturated carbocycles. The SMILES string of the molecule is CC/C=C/C=C/C=C\CCCCCCCC(=O)OC(CCCCC/C=C/C=C/C=C/CCCCCCC)CC(=O)NC(CO)C(O)CCCCCCCCCCCCCCCC. The molecule has 0 radical (unpaired) electrons. The van der Waals surface area contributed by atoms with Crippen LogP contribution in [0.5, 0.6) is 0 Å². The lowest BCUT2D eigenvalue weighted by Crippen LogP contribution is -2.46. The molecule has 0 aromatic rings. The predicted molar refractivity (Wildman–Crippen MR) is 268 cm³/mol. The van der Waals surface area contributed by atoms with Crippen molar-refractivity contribution < 1.29 is 24.5 Å². The topological polar surface area (TPSA) is 95.9 Å². The van der Waals surface area contributed by atoms with Crippen LogP contribution in [0.1, 0.15) is 245 Å². The fourth-order valence-corrected chi connectivity index (χ4v) is 7.67. The second-order valence-electron chi connectivity index (χ2n) is 17.7. The second-order valence-corrected chi connectivity index (χ2v) is 17.7. The summed E-state index contributed by atoms with van der Waals surface area (Å²) in [5.74, 6) is -0.532. The van der Waals surface area contributed by atoms with Crippen molar-refractivity contribution in [3.05, 3.63) is 72.9 Å². The molecule has 3 unspecified atom stereocenters. The van der Waals surface area contributed by atoms with Gasteiger partial charge >= 0.3 is 5.97 Å². The highest BCUT2D eigenvalue weighted by Crippen LogP contribution is 2.17. The third kappa shape index (κ3) is 43.9. The number of carbonyl (C=O) groups excluding carboxylic acids is 2. The lowest BCUT2D eigenvalue weighted by molar-refractivity contribution is -0.151. The number of aliphatic hydroxyl groups is 2. The van der Waals surface area contributed by atoms with Gasteiger partial charge in [0.1, 0.15) is 6.10 Å². The largest absolute Gasteiger partial charge is 0.462 e. The second kappa shape index (κ2) is 49.3. The number of hydrogen-bond donors (Lipinski definition) is 3. The molecule has 0 bridgehead atoms. The summed E-state index contributed by atoms with van der Waals surface area (Å²) >= 11 is 0. The molecule has 0 aliphatic carbocycles. The number of unbranched alkanes of at least 4 members (excludes halogenated alkanes) is 26. The summed E-state index contributed by atoms with van der Waals surface area (Å²) in [6.45, 7) is 6.32. The van der Waals surface area contributed by atoms with E-state index in [-0.39, 0.29) is 24.9 Å². The van der Waals surface area contributed by atoms with Crippen molar-refractivity contribution in [3.8, 4) is 0 Å². The van der Waals surface area contributed by atoms with Crippen LogP contribution in [0.3, 0.4) is 0 Å². The average Bonchev–Trinajstić information content (AvgIpc) is 3.26. The van der Waals surface area contributed by atoms with Gasteiger partial charge in [0, 0.05) is 6.42 Å². The molecule has 0 aromatic carbocycles. The quantitative estimate of drug-likeness (QED) is 0.0322. The van der Waals surface area contributed by atoms with Crippen molar-refractivity contribution in [1.29, 1.82) is 0 Å². The first-order chi connectivity index (χ1) is 30.5. The molecule has 0 aliphatic rings. The van der Waals surface area contributed by atoms with Gasteiger partial charge in [0.05, 0.1) is 25.2 Å². The Hall–Kier alpha value is -2.70. The Kier molecular flexibility index (Phi) is 47.2. The molecule has 0 aromatic heterocycles. The van der Waals surface area contributed by atoms with Gasteiger partial charge < -0.3 is 20.3 Å². The molecule has 3 atom stereocenters. The number of ether oxygens (including phenoxy) is 1. The maximum absolute atomic E-state index is 13.2. The van der Waals surface area contributed by atoms with E-state index in [1.165, 1.54) is 103 Å². The minimum absolute atomic E-state index is 0.0440. The van der Waals surface area contributed by atoms with E-state index >= 15 is 0 Å². The van der Waals surface area contributed by atoms with Crippen molar-refractivity contribution in [2.45, 2.75) is 264 Å². The van der Waals surface area contributed by atoms with Gasteiger partial charge in [-0.2, -0.15) is 0 Å². The number of hydrogen-bond acceptors (Lipinski definition) is 5. The Bertz CT molecular complexity index is 1150. The lowest BCUT2D eigenvalue weighted by atomic mass is 10.0. The first-order valence-electron chi connectivity index (χ1n) is 26.2. The first kappa shape index (κ1) is 59.3. The van der Waals surface area contributed by atoms with Crippen molar-refractivity contribution >= 4 is 11.9 Å². The van der Waals surface area contributed by atoms with Crippen molar-refractivity contribution in [3.63, 3.8) is 0 Å². The Labute approximate surface area is 383 Å². The average molecular weight is 866 g/mol. The smallest absolute Gasteiger partial charge is 0.306 e. The Balaban J connectivity index is 4.68. The maximum Gasteiger partial charge on any atom is 0.306 e. The number of aliphatic hydroxyl groups excluding tert-OH is 2. The molecule has 0 saturated heterocycles. The van der Waals surface area contributed by atoms with E-state index in [1.54, 1.807) is 0 Å². The minimum Gasteiger partial charge on any atom is -0.462 e. The van der Waals surface area contributed by atoms with Crippen molar-refractivity contribution in [2.24, 2.45) is 0 Å². The van der Waals surface area contributed by atoms with Gasteiger partial charge in [-0.3, -0.25) is 9.59 Å².